The smallest absolute Gasteiger partial charge is 0.164 e. The standard InChI is InChI=1S/C14H22N6O3/c1-14(2)22-9-7(4-16-3)21-13(10(9)23-14)20-6-19-8-11(15)17-5-18-12(8)20/h5-10,12-13,16H,4H2,1-3H3,(H2,15,17,18)/t7?,8?,9-,10-,12?,13?/m1/s1. The zero-order valence-corrected chi connectivity index (χ0v) is 13.4. The van der Waals surface area contributed by atoms with Gasteiger partial charge in [-0.05, 0) is 20.9 Å². The van der Waals surface area contributed by atoms with Crippen LogP contribution in [-0.2, 0) is 14.2 Å². The molecule has 0 aliphatic carbocycles. The van der Waals surface area contributed by atoms with Crippen LogP contribution in [0.5, 0.6) is 0 Å². The highest BCUT2D eigenvalue weighted by Crippen LogP contribution is 2.40. The van der Waals surface area contributed by atoms with Crippen molar-refractivity contribution in [1.82, 2.24) is 10.2 Å². The first kappa shape index (κ1) is 15.0. The van der Waals surface area contributed by atoms with Gasteiger partial charge in [-0.3, -0.25) is 4.99 Å². The zero-order chi connectivity index (χ0) is 16.2. The quantitative estimate of drug-likeness (QED) is 0.682. The van der Waals surface area contributed by atoms with Gasteiger partial charge in [0.15, 0.2) is 18.2 Å². The lowest BCUT2D eigenvalue weighted by molar-refractivity contribution is -0.200. The fourth-order valence-electron chi connectivity index (χ4n) is 3.57. The van der Waals surface area contributed by atoms with Crippen LogP contribution in [0.25, 0.3) is 0 Å². The molecule has 2 fully saturated rings. The fraction of sp³-hybridized carbons (Fsp3) is 0.786. The lowest BCUT2D eigenvalue weighted by Crippen LogP contribution is -2.51. The van der Waals surface area contributed by atoms with Crippen LogP contribution in [0.15, 0.2) is 15.0 Å². The maximum absolute atomic E-state index is 6.20. The molecule has 2 saturated heterocycles. The summed E-state index contributed by atoms with van der Waals surface area (Å²) in [4.78, 5) is 14.8. The number of amidine groups is 1. The second-order valence-electron chi connectivity index (χ2n) is 6.58. The van der Waals surface area contributed by atoms with Crippen molar-refractivity contribution in [3.05, 3.63) is 0 Å². The zero-order valence-electron chi connectivity index (χ0n) is 13.4. The van der Waals surface area contributed by atoms with Gasteiger partial charge in [-0.25, -0.2) is 9.98 Å². The van der Waals surface area contributed by atoms with Crippen molar-refractivity contribution >= 4 is 18.5 Å². The number of nitrogens with one attached hydrogen (secondary N) is 1. The summed E-state index contributed by atoms with van der Waals surface area (Å²) in [5, 5.41) is 3.14. The van der Waals surface area contributed by atoms with Crippen LogP contribution in [0.4, 0.5) is 0 Å². The maximum atomic E-state index is 6.20. The van der Waals surface area contributed by atoms with Gasteiger partial charge in [0.05, 0.1) is 6.34 Å². The number of rotatable bonds is 3. The molecule has 4 aliphatic rings. The van der Waals surface area contributed by atoms with E-state index in [1.807, 2.05) is 25.8 Å². The Bertz CT molecular complexity index is 577. The average molecular weight is 322 g/mol. The largest absolute Gasteiger partial charge is 0.385 e. The molecule has 4 rings (SSSR count). The topological polar surface area (TPSA) is 106 Å². The van der Waals surface area contributed by atoms with Gasteiger partial charge < -0.3 is 30.2 Å². The third-order valence-electron chi connectivity index (χ3n) is 4.50. The van der Waals surface area contributed by atoms with Gasteiger partial charge in [0, 0.05) is 6.54 Å². The second kappa shape index (κ2) is 5.23. The minimum Gasteiger partial charge on any atom is -0.385 e. The summed E-state index contributed by atoms with van der Waals surface area (Å²) >= 11 is 0. The summed E-state index contributed by atoms with van der Waals surface area (Å²) in [6, 6.07) is -0.263. The molecule has 0 bridgehead atoms. The Labute approximate surface area is 134 Å². The van der Waals surface area contributed by atoms with E-state index in [2.05, 4.69) is 20.3 Å². The molecule has 0 amide bonds. The molecule has 0 aromatic heterocycles. The van der Waals surface area contributed by atoms with Crippen LogP contribution < -0.4 is 11.1 Å². The second-order valence-corrected chi connectivity index (χ2v) is 6.58. The van der Waals surface area contributed by atoms with Crippen molar-refractivity contribution < 1.29 is 14.2 Å². The molecule has 0 saturated carbocycles. The highest BCUT2D eigenvalue weighted by Gasteiger charge is 2.58. The normalized spacial score (nSPS) is 43.6. The predicted molar refractivity (Wildman–Crippen MR) is 84.4 cm³/mol. The fourth-order valence-corrected chi connectivity index (χ4v) is 3.57. The Hall–Kier alpha value is -1.55. The summed E-state index contributed by atoms with van der Waals surface area (Å²) in [7, 11) is 1.89. The molecule has 0 spiro atoms. The first-order chi connectivity index (χ1) is 11.0. The third kappa shape index (κ3) is 2.35. The Morgan fingerprint density at radius 2 is 2.09 bits per heavy atom. The molecule has 0 aromatic carbocycles. The summed E-state index contributed by atoms with van der Waals surface area (Å²) in [5.41, 5.74) is 5.92. The number of nitrogens with two attached hydrogens (primary N) is 1. The van der Waals surface area contributed by atoms with Crippen molar-refractivity contribution in [2.24, 2.45) is 20.7 Å². The van der Waals surface area contributed by atoms with Crippen molar-refractivity contribution in [2.45, 2.75) is 56.4 Å². The summed E-state index contributed by atoms with van der Waals surface area (Å²) in [6.07, 6.45) is 2.23. The number of aliphatic imine (C=N–C) groups is 3. The molecule has 6 atom stereocenters. The van der Waals surface area contributed by atoms with Gasteiger partial charge in [0.2, 0.25) is 0 Å². The number of likely N-dealkylation sites (N-methyl/N-ethyl adjacent to an activating group) is 1. The Morgan fingerprint density at radius 1 is 1.30 bits per heavy atom. The summed E-state index contributed by atoms with van der Waals surface area (Å²) < 4.78 is 18.3. The van der Waals surface area contributed by atoms with E-state index in [0.29, 0.717) is 12.4 Å². The average Bonchev–Trinajstić information content (AvgIpc) is 3.13. The van der Waals surface area contributed by atoms with Crippen LogP contribution in [0.1, 0.15) is 13.8 Å². The van der Waals surface area contributed by atoms with Crippen molar-refractivity contribution in [3.63, 3.8) is 0 Å². The van der Waals surface area contributed by atoms with E-state index in [-0.39, 0.29) is 36.7 Å². The summed E-state index contributed by atoms with van der Waals surface area (Å²) in [6.45, 7) is 4.52. The first-order valence-corrected chi connectivity index (χ1v) is 7.81. The van der Waals surface area contributed by atoms with Crippen LogP contribution in [0.3, 0.4) is 0 Å². The first-order valence-electron chi connectivity index (χ1n) is 7.81. The van der Waals surface area contributed by atoms with Gasteiger partial charge >= 0.3 is 0 Å². The maximum Gasteiger partial charge on any atom is 0.164 e. The Morgan fingerprint density at radius 3 is 2.87 bits per heavy atom. The lowest BCUT2D eigenvalue weighted by Gasteiger charge is -2.33. The van der Waals surface area contributed by atoms with Crippen molar-refractivity contribution in [1.29, 1.82) is 0 Å². The van der Waals surface area contributed by atoms with Crippen molar-refractivity contribution in [2.75, 3.05) is 13.6 Å². The minimum absolute atomic E-state index is 0.0946. The summed E-state index contributed by atoms with van der Waals surface area (Å²) in [5.74, 6) is -0.162. The van der Waals surface area contributed by atoms with E-state index < -0.39 is 5.79 Å². The van der Waals surface area contributed by atoms with Gasteiger partial charge in [-0.15, -0.1) is 0 Å². The Kier molecular flexibility index (Phi) is 3.41. The van der Waals surface area contributed by atoms with E-state index in [0.717, 1.165) is 0 Å². The van der Waals surface area contributed by atoms with E-state index in [4.69, 9.17) is 19.9 Å². The predicted octanol–water partition coefficient (Wildman–Crippen LogP) is -1.11. The highest BCUT2D eigenvalue weighted by atomic mass is 16.8. The highest BCUT2D eigenvalue weighted by molar-refractivity contribution is 5.96. The van der Waals surface area contributed by atoms with E-state index in [1.165, 1.54) is 6.34 Å². The van der Waals surface area contributed by atoms with Gasteiger partial charge in [-0.2, -0.15) is 0 Å². The third-order valence-corrected chi connectivity index (χ3v) is 4.50. The molecule has 9 nitrogen and oxygen atoms in total. The molecule has 23 heavy (non-hydrogen) atoms. The van der Waals surface area contributed by atoms with E-state index in [9.17, 15) is 0 Å². The minimum atomic E-state index is -0.629. The van der Waals surface area contributed by atoms with Gasteiger partial charge in [-0.1, -0.05) is 0 Å². The monoisotopic (exact) mass is 322 g/mol. The van der Waals surface area contributed by atoms with Crippen LogP contribution in [0, 0.1) is 0 Å². The molecule has 4 unspecified atom stereocenters. The van der Waals surface area contributed by atoms with Gasteiger partial charge in [0.1, 0.15) is 36.5 Å². The molecule has 0 aromatic rings. The number of ether oxygens (including phenoxy) is 3. The molecule has 3 N–H and O–H groups in total. The number of nitrogens with zero attached hydrogens (tertiary/aromatic N) is 4. The van der Waals surface area contributed by atoms with Gasteiger partial charge in [0.25, 0.3) is 0 Å². The van der Waals surface area contributed by atoms with Crippen molar-refractivity contribution in [3.8, 4) is 0 Å². The number of fused-ring (bicyclic) bond motifs is 2. The van der Waals surface area contributed by atoms with E-state index >= 15 is 0 Å². The molecule has 9 heteroatoms. The van der Waals surface area contributed by atoms with Crippen LogP contribution >= 0.6 is 0 Å². The Balaban J connectivity index is 1.58. The number of hydrogen-bond acceptors (Lipinski definition) is 9. The van der Waals surface area contributed by atoms with Crippen LogP contribution in [-0.4, -0.2) is 79.5 Å². The molecule has 4 heterocycles. The number of hydrogen-bond donors (Lipinski definition) is 2. The van der Waals surface area contributed by atoms with Crippen LogP contribution in [0.2, 0.25) is 0 Å². The lowest BCUT2D eigenvalue weighted by atomic mass is 10.1. The molecule has 126 valence electrons. The molecular formula is C14H22N6O3. The molecule has 4 aliphatic heterocycles. The van der Waals surface area contributed by atoms with E-state index in [1.54, 1.807) is 6.34 Å². The SMILES string of the molecule is CNCC1OC(N2C=NC3C(N)=NC=NC32)[C@@H]2OC(C)(C)O[C@H]12. The molecule has 0 radical (unpaired) electrons. The molecular weight excluding hydrogens is 300 g/mol.